The second kappa shape index (κ2) is 4.16. The van der Waals surface area contributed by atoms with Crippen LogP contribution in [0.25, 0.3) is 0 Å². The zero-order chi connectivity index (χ0) is 11.7. The molecule has 2 N–H and O–H groups in total. The molecule has 16 heavy (non-hydrogen) atoms. The van der Waals surface area contributed by atoms with Crippen LogP contribution in [0.1, 0.15) is 28.8 Å². The van der Waals surface area contributed by atoms with Crippen molar-refractivity contribution in [3.05, 3.63) is 29.3 Å². The lowest BCUT2D eigenvalue weighted by Crippen LogP contribution is -2.28. The molecule has 3 heteroatoms. The van der Waals surface area contributed by atoms with Gasteiger partial charge in [-0.25, -0.2) is 0 Å². The van der Waals surface area contributed by atoms with E-state index < -0.39 is 0 Å². The van der Waals surface area contributed by atoms with Crippen LogP contribution in [0.3, 0.4) is 0 Å². The van der Waals surface area contributed by atoms with Crippen LogP contribution in [0, 0.1) is 12.8 Å². The van der Waals surface area contributed by atoms with Gasteiger partial charge in [0, 0.05) is 24.8 Å². The van der Waals surface area contributed by atoms with Gasteiger partial charge in [0.05, 0.1) is 0 Å². The van der Waals surface area contributed by atoms with Gasteiger partial charge in [-0.15, -0.1) is 0 Å². The quantitative estimate of drug-likeness (QED) is 0.789. The number of nitrogens with two attached hydrogens (primary N) is 1. The smallest absolute Gasteiger partial charge is 0.253 e. The van der Waals surface area contributed by atoms with Gasteiger partial charge >= 0.3 is 0 Å². The maximum absolute atomic E-state index is 12.1. The zero-order valence-electron chi connectivity index (χ0n) is 9.86. The van der Waals surface area contributed by atoms with Gasteiger partial charge in [0.25, 0.3) is 5.91 Å². The van der Waals surface area contributed by atoms with Crippen molar-refractivity contribution in [3.8, 4) is 0 Å². The minimum atomic E-state index is 0.0716. The molecule has 1 aromatic carbocycles. The van der Waals surface area contributed by atoms with Crippen LogP contribution in [-0.2, 0) is 0 Å². The average Bonchev–Trinajstić information content (AvgIpc) is 2.99. The maximum atomic E-state index is 12.1. The number of aryl methyl sites for hydroxylation is 1. The second-order valence-electron chi connectivity index (χ2n) is 4.76. The van der Waals surface area contributed by atoms with E-state index in [1.54, 1.807) is 11.0 Å². The average molecular weight is 218 g/mol. The number of nitrogen functional groups attached to an aromatic ring is 1. The van der Waals surface area contributed by atoms with E-state index in [1.165, 1.54) is 12.8 Å². The predicted octanol–water partition coefficient (Wildman–Crippen LogP) is 2.06. The normalized spacial score (nSPS) is 14.9. The van der Waals surface area contributed by atoms with Crippen LogP contribution >= 0.6 is 0 Å². The van der Waals surface area contributed by atoms with Crippen molar-refractivity contribution in [3.63, 3.8) is 0 Å². The van der Waals surface area contributed by atoms with Crippen LogP contribution in [0.5, 0.6) is 0 Å². The fourth-order valence-corrected chi connectivity index (χ4v) is 1.93. The van der Waals surface area contributed by atoms with Gasteiger partial charge in [-0.05, 0) is 49.4 Å². The summed E-state index contributed by atoms with van der Waals surface area (Å²) in [6, 6.07) is 5.51. The molecule has 0 aliphatic heterocycles. The fraction of sp³-hybridized carbons (Fsp3) is 0.462. The van der Waals surface area contributed by atoms with E-state index in [4.69, 9.17) is 5.73 Å². The summed E-state index contributed by atoms with van der Waals surface area (Å²) in [6.07, 6.45) is 2.52. The van der Waals surface area contributed by atoms with Crippen molar-refractivity contribution in [1.29, 1.82) is 0 Å². The number of carbonyl (C=O) groups excluding carboxylic acids is 1. The highest BCUT2D eigenvalue weighted by molar-refractivity contribution is 5.95. The standard InChI is InChI=1S/C13H18N2O/c1-9-5-11(7-12(14)6-9)13(16)15(2)8-10-3-4-10/h5-7,10H,3-4,8,14H2,1-2H3. The lowest BCUT2D eigenvalue weighted by atomic mass is 10.1. The predicted molar refractivity (Wildman–Crippen MR) is 65.3 cm³/mol. The summed E-state index contributed by atoms with van der Waals surface area (Å²) in [6.45, 7) is 2.82. The number of carbonyl (C=O) groups is 1. The van der Waals surface area contributed by atoms with E-state index in [9.17, 15) is 4.79 Å². The van der Waals surface area contributed by atoms with Crippen LogP contribution in [0.15, 0.2) is 18.2 Å². The number of hydrogen-bond acceptors (Lipinski definition) is 2. The Labute approximate surface area is 96.2 Å². The summed E-state index contributed by atoms with van der Waals surface area (Å²) >= 11 is 0. The molecule has 2 rings (SSSR count). The molecule has 0 unspecified atom stereocenters. The molecule has 0 bridgehead atoms. The number of hydrogen-bond donors (Lipinski definition) is 1. The summed E-state index contributed by atoms with van der Waals surface area (Å²) < 4.78 is 0. The van der Waals surface area contributed by atoms with E-state index in [0.717, 1.165) is 18.0 Å². The van der Waals surface area contributed by atoms with Crippen LogP contribution < -0.4 is 5.73 Å². The number of amides is 1. The van der Waals surface area contributed by atoms with Crippen molar-refractivity contribution in [2.75, 3.05) is 19.3 Å². The molecule has 0 heterocycles. The topological polar surface area (TPSA) is 46.3 Å². The van der Waals surface area contributed by atoms with Crippen molar-refractivity contribution in [1.82, 2.24) is 4.90 Å². The first-order chi connectivity index (χ1) is 7.56. The monoisotopic (exact) mass is 218 g/mol. The van der Waals surface area contributed by atoms with E-state index in [-0.39, 0.29) is 5.91 Å². The third-order valence-corrected chi connectivity index (χ3v) is 2.92. The Morgan fingerprint density at radius 3 is 2.69 bits per heavy atom. The van der Waals surface area contributed by atoms with Crippen LogP contribution in [0.2, 0.25) is 0 Å². The van der Waals surface area contributed by atoms with Gasteiger partial charge in [-0.2, -0.15) is 0 Å². The largest absolute Gasteiger partial charge is 0.399 e. The van der Waals surface area contributed by atoms with Gasteiger partial charge in [0.15, 0.2) is 0 Å². The Morgan fingerprint density at radius 2 is 2.12 bits per heavy atom. The highest BCUT2D eigenvalue weighted by atomic mass is 16.2. The third kappa shape index (κ3) is 2.54. The van der Waals surface area contributed by atoms with Gasteiger partial charge in [-0.3, -0.25) is 4.79 Å². The molecule has 0 spiro atoms. The molecular weight excluding hydrogens is 200 g/mol. The van der Waals surface area contributed by atoms with Gasteiger partial charge in [0.2, 0.25) is 0 Å². The fourth-order valence-electron chi connectivity index (χ4n) is 1.93. The Hall–Kier alpha value is -1.51. The van der Waals surface area contributed by atoms with E-state index in [1.807, 2.05) is 26.1 Å². The molecule has 1 amide bonds. The van der Waals surface area contributed by atoms with Crippen molar-refractivity contribution in [2.45, 2.75) is 19.8 Å². The molecule has 0 aromatic heterocycles. The molecule has 1 aliphatic carbocycles. The van der Waals surface area contributed by atoms with E-state index >= 15 is 0 Å². The van der Waals surface area contributed by atoms with Crippen LogP contribution in [-0.4, -0.2) is 24.4 Å². The molecule has 0 saturated heterocycles. The summed E-state index contributed by atoms with van der Waals surface area (Å²) in [5.74, 6) is 0.790. The molecule has 1 aliphatic rings. The van der Waals surface area contributed by atoms with Gasteiger partial charge in [-0.1, -0.05) is 0 Å². The molecule has 3 nitrogen and oxygen atoms in total. The Balaban J connectivity index is 2.12. The second-order valence-corrected chi connectivity index (χ2v) is 4.76. The Bertz CT molecular complexity index is 390. The third-order valence-electron chi connectivity index (χ3n) is 2.92. The van der Waals surface area contributed by atoms with Crippen molar-refractivity contribution >= 4 is 11.6 Å². The lowest BCUT2D eigenvalue weighted by molar-refractivity contribution is 0.0788. The first-order valence-corrected chi connectivity index (χ1v) is 5.69. The van der Waals surface area contributed by atoms with E-state index in [2.05, 4.69) is 0 Å². The van der Waals surface area contributed by atoms with Gasteiger partial charge < -0.3 is 10.6 Å². The van der Waals surface area contributed by atoms with Gasteiger partial charge in [0.1, 0.15) is 0 Å². The zero-order valence-corrected chi connectivity index (χ0v) is 9.86. The van der Waals surface area contributed by atoms with Crippen LogP contribution in [0.4, 0.5) is 5.69 Å². The molecule has 1 saturated carbocycles. The molecule has 0 atom stereocenters. The molecule has 1 aromatic rings. The van der Waals surface area contributed by atoms with Crippen molar-refractivity contribution in [2.24, 2.45) is 5.92 Å². The minimum absolute atomic E-state index is 0.0716. The summed E-state index contributed by atoms with van der Waals surface area (Å²) in [5.41, 5.74) is 8.12. The Kier molecular flexibility index (Phi) is 2.86. The lowest BCUT2D eigenvalue weighted by Gasteiger charge is -2.17. The number of nitrogens with zero attached hydrogens (tertiary/aromatic N) is 1. The molecule has 0 radical (unpaired) electrons. The maximum Gasteiger partial charge on any atom is 0.253 e. The number of benzene rings is 1. The first kappa shape index (κ1) is 11.0. The molecular formula is C13H18N2O. The highest BCUT2D eigenvalue weighted by Gasteiger charge is 2.25. The molecule has 86 valence electrons. The summed E-state index contributed by atoms with van der Waals surface area (Å²) in [5, 5.41) is 0. The summed E-state index contributed by atoms with van der Waals surface area (Å²) in [4.78, 5) is 13.9. The minimum Gasteiger partial charge on any atom is -0.399 e. The Morgan fingerprint density at radius 1 is 1.44 bits per heavy atom. The summed E-state index contributed by atoms with van der Waals surface area (Å²) in [7, 11) is 1.86. The van der Waals surface area contributed by atoms with Crippen molar-refractivity contribution < 1.29 is 4.79 Å². The highest BCUT2D eigenvalue weighted by Crippen LogP contribution is 2.29. The molecule has 1 fully saturated rings. The first-order valence-electron chi connectivity index (χ1n) is 5.69. The SMILES string of the molecule is Cc1cc(N)cc(C(=O)N(C)CC2CC2)c1. The number of anilines is 1. The number of rotatable bonds is 3. The van der Waals surface area contributed by atoms with E-state index in [0.29, 0.717) is 11.3 Å².